The van der Waals surface area contributed by atoms with Crippen LogP contribution in [0.2, 0.25) is 5.02 Å². The SMILES string of the molecule is CC1CCCC(CCNc2ncncc2Cl)C1. The minimum absolute atomic E-state index is 0.601. The highest BCUT2D eigenvalue weighted by atomic mass is 35.5. The van der Waals surface area contributed by atoms with E-state index < -0.39 is 0 Å². The van der Waals surface area contributed by atoms with Crippen LogP contribution in [0.3, 0.4) is 0 Å². The molecule has 0 radical (unpaired) electrons. The van der Waals surface area contributed by atoms with Crippen LogP contribution in [-0.2, 0) is 0 Å². The van der Waals surface area contributed by atoms with Gasteiger partial charge in [0, 0.05) is 6.54 Å². The minimum atomic E-state index is 0.601. The Labute approximate surface area is 108 Å². The maximum Gasteiger partial charge on any atom is 0.148 e. The van der Waals surface area contributed by atoms with Crippen LogP contribution in [0, 0.1) is 11.8 Å². The quantitative estimate of drug-likeness (QED) is 0.888. The standard InChI is InChI=1S/C13H20ClN3/c1-10-3-2-4-11(7-10)5-6-16-13-12(14)8-15-9-17-13/h8-11H,2-7H2,1H3,(H,15,16,17). The van der Waals surface area contributed by atoms with E-state index in [1.165, 1.54) is 38.4 Å². The molecule has 0 aromatic carbocycles. The zero-order valence-electron chi connectivity index (χ0n) is 10.3. The van der Waals surface area contributed by atoms with Crippen molar-refractivity contribution in [2.75, 3.05) is 11.9 Å². The van der Waals surface area contributed by atoms with Crippen LogP contribution in [0.1, 0.15) is 39.0 Å². The van der Waals surface area contributed by atoms with E-state index in [1.807, 2.05) is 0 Å². The van der Waals surface area contributed by atoms with Gasteiger partial charge in [-0.25, -0.2) is 9.97 Å². The summed E-state index contributed by atoms with van der Waals surface area (Å²) in [4.78, 5) is 7.99. The average molecular weight is 254 g/mol. The third kappa shape index (κ3) is 3.84. The topological polar surface area (TPSA) is 37.8 Å². The van der Waals surface area contributed by atoms with E-state index in [9.17, 15) is 0 Å². The molecule has 0 spiro atoms. The van der Waals surface area contributed by atoms with Crippen LogP contribution < -0.4 is 5.32 Å². The van der Waals surface area contributed by atoms with E-state index in [-0.39, 0.29) is 0 Å². The van der Waals surface area contributed by atoms with Crippen molar-refractivity contribution in [3.05, 3.63) is 17.5 Å². The molecule has 2 rings (SSSR count). The van der Waals surface area contributed by atoms with Crippen LogP contribution in [0.4, 0.5) is 5.82 Å². The third-order valence-corrected chi connectivity index (χ3v) is 3.83. The van der Waals surface area contributed by atoms with E-state index >= 15 is 0 Å². The lowest BCUT2D eigenvalue weighted by molar-refractivity contribution is 0.274. The molecule has 1 N–H and O–H groups in total. The van der Waals surface area contributed by atoms with Crippen molar-refractivity contribution in [2.45, 2.75) is 39.0 Å². The summed E-state index contributed by atoms with van der Waals surface area (Å²) in [5.41, 5.74) is 0. The summed E-state index contributed by atoms with van der Waals surface area (Å²) in [5.74, 6) is 2.52. The second-order valence-corrected chi connectivity index (χ2v) is 5.48. The molecule has 94 valence electrons. The first-order valence-electron chi connectivity index (χ1n) is 6.45. The van der Waals surface area contributed by atoms with Crippen LogP contribution in [0.15, 0.2) is 12.5 Å². The predicted molar refractivity (Wildman–Crippen MR) is 71.3 cm³/mol. The number of hydrogen-bond acceptors (Lipinski definition) is 3. The van der Waals surface area contributed by atoms with Crippen LogP contribution in [0.5, 0.6) is 0 Å². The zero-order chi connectivity index (χ0) is 12.1. The van der Waals surface area contributed by atoms with E-state index in [0.717, 1.165) is 24.2 Å². The van der Waals surface area contributed by atoms with Gasteiger partial charge in [0.15, 0.2) is 0 Å². The number of nitrogens with one attached hydrogen (secondary N) is 1. The van der Waals surface area contributed by atoms with Gasteiger partial charge >= 0.3 is 0 Å². The summed E-state index contributed by atoms with van der Waals surface area (Å²) in [6, 6.07) is 0. The van der Waals surface area contributed by atoms with Crippen molar-refractivity contribution in [1.82, 2.24) is 9.97 Å². The fraction of sp³-hybridized carbons (Fsp3) is 0.692. The molecule has 3 nitrogen and oxygen atoms in total. The summed E-state index contributed by atoms with van der Waals surface area (Å²) in [5, 5.41) is 3.89. The first-order valence-corrected chi connectivity index (χ1v) is 6.83. The lowest BCUT2D eigenvalue weighted by Gasteiger charge is -2.26. The minimum Gasteiger partial charge on any atom is -0.369 e. The highest BCUT2D eigenvalue weighted by Gasteiger charge is 2.18. The Morgan fingerprint density at radius 3 is 3.12 bits per heavy atom. The van der Waals surface area contributed by atoms with Gasteiger partial charge in [-0.2, -0.15) is 0 Å². The molecule has 0 aliphatic heterocycles. The molecule has 0 saturated heterocycles. The van der Waals surface area contributed by atoms with E-state index in [0.29, 0.717) is 5.02 Å². The lowest BCUT2D eigenvalue weighted by Crippen LogP contribution is -2.17. The van der Waals surface area contributed by atoms with Gasteiger partial charge in [-0.3, -0.25) is 0 Å². The van der Waals surface area contributed by atoms with Gasteiger partial charge in [0.2, 0.25) is 0 Å². The van der Waals surface area contributed by atoms with Crippen molar-refractivity contribution < 1.29 is 0 Å². The van der Waals surface area contributed by atoms with E-state index in [1.54, 1.807) is 6.20 Å². The molecule has 2 unspecified atom stereocenters. The number of aromatic nitrogens is 2. The van der Waals surface area contributed by atoms with E-state index in [4.69, 9.17) is 11.6 Å². The molecule has 4 heteroatoms. The predicted octanol–water partition coefficient (Wildman–Crippen LogP) is 3.76. The van der Waals surface area contributed by atoms with Gasteiger partial charge in [-0.1, -0.05) is 37.8 Å². The van der Waals surface area contributed by atoms with Gasteiger partial charge in [0.25, 0.3) is 0 Å². The van der Waals surface area contributed by atoms with Gasteiger partial charge in [0.1, 0.15) is 17.2 Å². The zero-order valence-corrected chi connectivity index (χ0v) is 11.1. The Kier molecular flexibility index (Phi) is 4.60. The summed E-state index contributed by atoms with van der Waals surface area (Å²) in [7, 11) is 0. The summed E-state index contributed by atoms with van der Waals surface area (Å²) < 4.78 is 0. The summed E-state index contributed by atoms with van der Waals surface area (Å²) >= 11 is 5.98. The molecular formula is C13H20ClN3. The Morgan fingerprint density at radius 1 is 1.47 bits per heavy atom. The van der Waals surface area contributed by atoms with Crippen molar-refractivity contribution >= 4 is 17.4 Å². The van der Waals surface area contributed by atoms with E-state index in [2.05, 4.69) is 22.2 Å². The molecule has 1 aromatic heterocycles. The van der Waals surface area contributed by atoms with Gasteiger partial charge < -0.3 is 5.32 Å². The molecule has 1 heterocycles. The second kappa shape index (κ2) is 6.20. The number of anilines is 1. The summed E-state index contributed by atoms with van der Waals surface area (Å²) in [6.07, 6.45) is 9.91. The molecule has 0 amide bonds. The van der Waals surface area contributed by atoms with Gasteiger partial charge in [-0.15, -0.1) is 0 Å². The first-order chi connectivity index (χ1) is 8.25. The molecule has 17 heavy (non-hydrogen) atoms. The average Bonchev–Trinajstić information content (AvgIpc) is 2.32. The Morgan fingerprint density at radius 2 is 2.35 bits per heavy atom. The number of nitrogens with zero attached hydrogens (tertiary/aromatic N) is 2. The lowest BCUT2D eigenvalue weighted by atomic mass is 9.81. The molecule has 1 fully saturated rings. The van der Waals surface area contributed by atoms with Crippen LogP contribution in [-0.4, -0.2) is 16.5 Å². The first kappa shape index (κ1) is 12.6. The second-order valence-electron chi connectivity index (χ2n) is 5.07. The van der Waals surface area contributed by atoms with Crippen molar-refractivity contribution in [3.63, 3.8) is 0 Å². The highest BCUT2D eigenvalue weighted by molar-refractivity contribution is 6.32. The Bertz CT molecular complexity index is 356. The molecule has 1 aliphatic rings. The van der Waals surface area contributed by atoms with Crippen molar-refractivity contribution in [1.29, 1.82) is 0 Å². The monoisotopic (exact) mass is 253 g/mol. The smallest absolute Gasteiger partial charge is 0.148 e. The van der Waals surface area contributed by atoms with Crippen LogP contribution >= 0.6 is 11.6 Å². The molecule has 1 saturated carbocycles. The van der Waals surface area contributed by atoms with Gasteiger partial charge in [-0.05, 0) is 24.7 Å². The Balaban J connectivity index is 1.74. The maximum absolute atomic E-state index is 5.98. The number of rotatable bonds is 4. The van der Waals surface area contributed by atoms with Crippen molar-refractivity contribution in [2.24, 2.45) is 11.8 Å². The number of hydrogen-bond donors (Lipinski definition) is 1. The van der Waals surface area contributed by atoms with Crippen molar-refractivity contribution in [3.8, 4) is 0 Å². The Hall–Kier alpha value is -0.830. The highest BCUT2D eigenvalue weighted by Crippen LogP contribution is 2.30. The fourth-order valence-corrected chi connectivity index (χ4v) is 2.83. The third-order valence-electron chi connectivity index (χ3n) is 3.56. The number of halogens is 1. The largest absolute Gasteiger partial charge is 0.369 e. The fourth-order valence-electron chi connectivity index (χ4n) is 2.66. The maximum atomic E-state index is 5.98. The van der Waals surface area contributed by atoms with Gasteiger partial charge in [0.05, 0.1) is 6.20 Å². The summed E-state index contributed by atoms with van der Waals surface area (Å²) in [6.45, 7) is 3.31. The molecule has 1 aliphatic carbocycles. The molecule has 1 aromatic rings. The molecular weight excluding hydrogens is 234 g/mol. The molecule has 2 atom stereocenters. The normalized spacial score (nSPS) is 24.6. The van der Waals surface area contributed by atoms with Crippen LogP contribution in [0.25, 0.3) is 0 Å². The molecule has 0 bridgehead atoms.